The maximum absolute atomic E-state index is 13.5. The van der Waals surface area contributed by atoms with E-state index in [0.29, 0.717) is 25.9 Å². The molecule has 12 nitrogen and oxygen atoms in total. The Hall–Kier alpha value is -2.89. The summed E-state index contributed by atoms with van der Waals surface area (Å²) in [5, 5.41) is 12.2. The van der Waals surface area contributed by atoms with Crippen LogP contribution in [0.5, 0.6) is 0 Å². The number of fused-ring (bicyclic) bond motifs is 2. The molecule has 0 unspecified atom stereocenters. The molecule has 13 heteroatoms. The lowest BCUT2D eigenvalue weighted by atomic mass is 10.1. The molecule has 40 heavy (non-hydrogen) atoms. The molecule has 1 aromatic rings. The molecule has 3 aliphatic rings. The summed E-state index contributed by atoms with van der Waals surface area (Å²) in [6.07, 6.45) is 1.30. The Bertz CT molecular complexity index is 1120. The van der Waals surface area contributed by atoms with E-state index in [1.165, 1.54) is 4.90 Å². The topological polar surface area (TPSA) is 136 Å². The number of likely N-dealkylation sites (tertiary alicyclic amines) is 3. The highest BCUT2D eigenvalue weighted by molar-refractivity contribution is 7.94. The van der Waals surface area contributed by atoms with Crippen LogP contribution in [0.25, 0.3) is 0 Å². The first-order valence-electron chi connectivity index (χ1n) is 13.5. The van der Waals surface area contributed by atoms with E-state index in [0.717, 1.165) is 28.9 Å². The first-order chi connectivity index (χ1) is 19.0. The Kier molecular flexibility index (Phi) is 9.58. The van der Waals surface area contributed by atoms with Crippen LogP contribution < -0.4 is 10.8 Å². The van der Waals surface area contributed by atoms with Crippen LogP contribution in [0.2, 0.25) is 0 Å². The highest BCUT2D eigenvalue weighted by atomic mass is 32.2. The molecule has 3 aliphatic heterocycles. The summed E-state index contributed by atoms with van der Waals surface area (Å²) in [6.45, 7) is 8.49. The fourth-order valence-electron chi connectivity index (χ4n) is 5.69. The number of carbonyl (C=O) groups excluding carboxylic acids is 3. The molecule has 0 aromatic heterocycles. The Morgan fingerprint density at radius 1 is 1.25 bits per heavy atom. The van der Waals surface area contributed by atoms with Crippen molar-refractivity contribution >= 4 is 30.0 Å². The Labute approximate surface area is 239 Å². The zero-order chi connectivity index (χ0) is 29.0. The smallest absolute Gasteiger partial charge is 0.408 e. The van der Waals surface area contributed by atoms with Crippen molar-refractivity contribution in [2.24, 2.45) is 0 Å². The lowest BCUT2D eigenvalue weighted by Gasteiger charge is -2.39. The maximum atomic E-state index is 13.5. The van der Waals surface area contributed by atoms with Gasteiger partial charge in [0, 0.05) is 37.6 Å². The van der Waals surface area contributed by atoms with Crippen LogP contribution in [-0.2, 0) is 23.6 Å². The standard InChI is InChI=1S/C27H38N6O6S/c1-17(18-8-10-21(11-9-18)40-39-38-29-5)33-20-13-23(25(33)35)31(15-20)16-22(30-26(36)37-27(2,3)4)24(34)32-12-6-7-19(32)14-28/h8-11,17,19-20,22-23,29H,6-7,12-13,15-16H2,1-5H3,(H,30,36)/t17-,19-,20+,22-,23+/m0/s1. The van der Waals surface area contributed by atoms with Crippen molar-refractivity contribution in [2.45, 2.75) is 87.7 Å². The number of ether oxygens (including phenoxy) is 1. The molecule has 2 N–H and O–H groups in total. The molecule has 218 valence electrons. The number of piperazine rings is 1. The maximum Gasteiger partial charge on any atom is 0.408 e. The molecule has 3 fully saturated rings. The minimum Gasteiger partial charge on any atom is -0.444 e. The van der Waals surface area contributed by atoms with Crippen LogP contribution in [0.4, 0.5) is 4.79 Å². The highest BCUT2D eigenvalue weighted by Gasteiger charge is 2.52. The molecular formula is C27H38N6O6S. The number of rotatable bonds is 10. The van der Waals surface area contributed by atoms with Gasteiger partial charge in [-0.25, -0.2) is 4.79 Å². The van der Waals surface area contributed by atoms with Gasteiger partial charge in [0.25, 0.3) is 0 Å². The van der Waals surface area contributed by atoms with Gasteiger partial charge >= 0.3 is 6.09 Å². The third kappa shape index (κ3) is 6.87. The minimum absolute atomic E-state index is 0.00694. The molecule has 1 aromatic carbocycles. The molecule has 3 heterocycles. The predicted molar refractivity (Wildman–Crippen MR) is 146 cm³/mol. The van der Waals surface area contributed by atoms with Crippen LogP contribution >= 0.6 is 12.0 Å². The average Bonchev–Trinajstić information content (AvgIpc) is 3.62. The van der Waals surface area contributed by atoms with E-state index in [4.69, 9.17) is 9.07 Å². The van der Waals surface area contributed by atoms with Gasteiger partial charge < -0.3 is 19.9 Å². The lowest BCUT2D eigenvalue weighted by molar-refractivity contribution is -0.237. The van der Waals surface area contributed by atoms with Gasteiger partial charge in [-0.15, -0.1) is 9.32 Å². The molecule has 0 aliphatic carbocycles. The second-order valence-electron chi connectivity index (χ2n) is 11.3. The molecule has 0 spiro atoms. The second-order valence-corrected chi connectivity index (χ2v) is 12.1. The SMILES string of the molecule is CNOOSc1ccc([C@H](C)N2C(=O)[C@H]3C[C@@H]2CN3C[C@H](NC(=O)OC(C)(C)C)C(=O)N2CCC[C@H]2C#N)cc1. The minimum atomic E-state index is -0.930. The van der Waals surface area contributed by atoms with Crippen LogP contribution in [0.1, 0.15) is 58.6 Å². The number of alkyl carbamates (subject to hydrolysis) is 1. The molecule has 3 amide bonds. The number of nitriles is 1. The molecule has 3 saturated heterocycles. The van der Waals surface area contributed by atoms with E-state index in [2.05, 4.69) is 21.9 Å². The molecular weight excluding hydrogens is 536 g/mol. The van der Waals surface area contributed by atoms with Gasteiger partial charge in [0.2, 0.25) is 11.8 Å². The van der Waals surface area contributed by atoms with Crippen molar-refractivity contribution < 1.29 is 28.4 Å². The second kappa shape index (κ2) is 12.7. The number of carbonyl (C=O) groups is 3. The Morgan fingerprint density at radius 2 is 1.98 bits per heavy atom. The fraction of sp³-hybridized carbons (Fsp3) is 0.630. The summed E-state index contributed by atoms with van der Waals surface area (Å²) < 4.78 is 10.4. The van der Waals surface area contributed by atoms with Gasteiger partial charge in [0.05, 0.1) is 30.2 Å². The lowest BCUT2D eigenvalue weighted by Crippen LogP contribution is -2.59. The highest BCUT2D eigenvalue weighted by Crippen LogP contribution is 2.38. The van der Waals surface area contributed by atoms with Gasteiger partial charge in [-0.05, 0) is 64.7 Å². The normalized spacial score (nSPS) is 24.2. The van der Waals surface area contributed by atoms with E-state index < -0.39 is 23.8 Å². The van der Waals surface area contributed by atoms with Gasteiger partial charge in [-0.3, -0.25) is 14.5 Å². The van der Waals surface area contributed by atoms with Crippen LogP contribution in [-0.4, -0.2) is 89.1 Å². The zero-order valence-corrected chi connectivity index (χ0v) is 24.4. The van der Waals surface area contributed by atoms with E-state index in [-0.39, 0.29) is 36.5 Å². The molecule has 0 radical (unpaired) electrons. The number of nitrogens with one attached hydrogen (secondary N) is 2. The summed E-state index contributed by atoms with van der Waals surface area (Å²) in [5.41, 5.74) is 2.70. The van der Waals surface area contributed by atoms with E-state index >= 15 is 0 Å². The van der Waals surface area contributed by atoms with Crippen molar-refractivity contribution in [3.8, 4) is 6.07 Å². The van der Waals surface area contributed by atoms with Crippen molar-refractivity contribution in [2.75, 3.05) is 26.7 Å². The number of amides is 3. The first-order valence-corrected chi connectivity index (χ1v) is 14.3. The summed E-state index contributed by atoms with van der Waals surface area (Å²) in [4.78, 5) is 50.7. The van der Waals surface area contributed by atoms with Crippen LogP contribution in [0.15, 0.2) is 29.2 Å². The zero-order valence-electron chi connectivity index (χ0n) is 23.6. The van der Waals surface area contributed by atoms with Crippen LogP contribution in [0.3, 0.4) is 0 Å². The summed E-state index contributed by atoms with van der Waals surface area (Å²) >= 11 is 1.08. The van der Waals surface area contributed by atoms with Gasteiger partial charge in [-0.1, -0.05) is 12.1 Å². The number of nitrogens with zero attached hydrogens (tertiary/aromatic N) is 4. The first kappa shape index (κ1) is 30.1. The quantitative estimate of drug-likeness (QED) is 0.186. The Morgan fingerprint density at radius 3 is 2.60 bits per heavy atom. The van der Waals surface area contributed by atoms with E-state index in [9.17, 15) is 19.6 Å². The fourth-order valence-corrected chi connectivity index (χ4v) is 6.11. The number of hydrogen-bond donors (Lipinski definition) is 2. The van der Waals surface area contributed by atoms with Gasteiger partial charge in [-0.2, -0.15) is 10.7 Å². The van der Waals surface area contributed by atoms with E-state index in [1.807, 2.05) is 41.0 Å². The largest absolute Gasteiger partial charge is 0.444 e. The van der Waals surface area contributed by atoms with Crippen molar-refractivity contribution in [3.05, 3.63) is 29.8 Å². The number of benzene rings is 1. The third-order valence-corrected chi connectivity index (χ3v) is 8.03. The average molecular weight is 575 g/mol. The monoisotopic (exact) mass is 574 g/mol. The molecule has 0 saturated carbocycles. The van der Waals surface area contributed by atoms with E-state index in [1.54, 1.807) is 27.8 Å². The summed E-state index contributed by atoms with van der Waals surface area (Å²) in [6, 6.07) is 7.97. The number of hydrogen-bond acceptors (Lipinski definition) is 10. The summed E-state index contributed by atoms with van der Waals surface area (Å²) in [7, 11) is 1.60. The summed E-state index contributed by atoms with van der Waals surface area (Å²) in [5.74, 6) is -0.315. The van der Waals surface area contributed by atoms with Crippen LogP contribution in [0, 0.1) is 11.3 Å². The van der Waals surface area contributed by atoms with Gasteiger partial charge in [0.15, 0.2) is 0 Å². The molecule has 5 atom stereocenters. The van der Waals surface area contributed by atoms with Crippen molar-refractivity contribution in [1.82, 2.24) is 25.5 Å². The van der Waals surface area contributed by atoms with Crippen molar-refractivity contribution in [1.29, 1.82) is 5.26 Å². The molecule has 2 bridgehead atoms. The third-order valence-electron chi connectivity index (χ3n) is 7.43. The number of hydroxylamine groups is 1. The predicted octanol–water partition coefficient (Wildman–Crippen LogP) is 2.53. The molecule has 4 rings (SSSR count). The van der Waals surface area contributed by atoms with Crippen molar-refractivity contribution in [3.63, 3.8) is 0 Å². The Balaban J connectivity index is 1.43. The van der Waals surface area contributed by atoms with Gasteiger partial charge in [0.1, 0.15) is 17.7 Å².